The lowest BCUT2D eigenvalue weighted by molar-refractivity contribution is -0.126. The first-order chi connectivity index (χ1) is 11.6. The van der Waals surface area contributed by atoms with Gasteiger partial charge in [-0.05, 0) is 31.2 Å². The fraction of sp³-hybridized carbons (Fsp3) is 0.278. The highest BCUT2D eigenvalue weighted by molar-refractivity contribution is 6.33. The van der Waals surface area contributed by atoms with Gasteiger partial charge in [-0.15, -0.1) is 0 Å². The van der Waals surface area contributed by atoms with Crippen LogP contribution in [0.5, 0.6) is 0 Å². The normalized spacial score (nSPS) is 18.5. The van der Waals surface area contributed by atoms with E-state index in [1.165, 1.54) is 0 Å². The molecule has 0 spiro atoms. The van der Waals surface area contributed by atoms with Gasteiger partial charge in [-0.2, -0.15) is 0 Å². The number of rotatable bonds is 4. The standard InChI is InChI=1S/C18H18ClN3O2/c1-12(15-7-4-5-9-20-15)21-18(24)13-10-17(23)22(11-13)16-8-3-2-6-14(16)19/h2-9,12-13H,10-11H2,1H3,(H,21,24)/t12-,13+/m1/s1. The number of amides is 2. The Balaban J connectivity index is 1.67. The largest absolute Gasteiger partial charge is 0.348 e. The van der Waals surface area contributed by atoms with Crippen LogP contribution in [0.4, 0.5) is 5.69 Å². The SMILES string of the molecule is C[C@@H](NC(=O)[C@H]1CC(=O)N(c2ccccc2Cl)C1)c1ccccn1. The summed E-state index contributed by atoms with van der Waals surface area (Å²) in [5.74, 6) is -0.621. The van der Waals surface area contributed by atoms with E-state index in [-0.39, 0.29) is 30.2 Å². The lowest BCUT2D eigenvalue weighted by atomic mass is 10.1. The van der Waals surface area contributed by atoms with Gasteiger partial charge in [0.05, 0.1) is 28.4 Å². The van der Waals surface area contributed by atoms with E-state index < -0.39 is 0 Å². The number of carbonyl (C=O) groups is 2. The lowest BCUT2D eigenvalue weighted by Gasteiger charge is -2.19. The fourth-order valence-corrected chi connectivity index (χ4v) is 3.06. The minimum atomic E-state index is -0.389. The summed E-state index contributed by atoms with van der Waals surface area (Å²) in [5.41, 5.74) is 1.44. The quantitative estimate of drug-likeness (QED) is 0.928. The van der Waals surface area contributed by atoms with Crippen molar-refractivity contribution in [2.24, 2.45) is 5.92 Å². The number of para-hydroxylation sites is 1. The number of halogens is 1. The van der Waals surface area contributed by atoms with E-state index in [1.807, 2.05) is 37.3 Å². The van der Waals surface area contributed by atoms with Crippen LogP contribution in [0, 0.1) is 5.92 Å². The van der Waals surface area contributed by atoms with Gasteiger partial charge in [0.2, 0.25) is 11.8 Å². The molecular weight excluding hydrogens is 326 g/mol. The molecule has 3 rings (SSSR count). The van der Waals surface area contributed by atoms with E-state index >= 15 is 0 Å². The first-order valence-corrected chi connectivity index (χ1v) is 8.20. The maximum Gasteiger partial charge on any atom is 0.227 e. The summed E-state index contributed by atoms with van der Waals surface area (Å²) in [6.07, 6.45) is 1.88. The summed E-state index contributed by atoms with van der Waals surface area (Å²) in [4.78, 5) is 30.6. The van der Waals surface area contributed by atoms with Crippen LogP contribution in [0.15, 0.2) is 48.7 Å². The molecule has 0 bridgehead atoms. The van der Waals surface area contributed by atoms with Crippen LogP contribution in [0.2, 0.25) is 5.02 Å². The number of carbonyl (C=O) groups excluding carboxylic acids is 2. The Morgan fingerprint density at radius 3 is 2.75 bits per heavy atom. The Hall–Kier alpha value is -2.40. The molecule has 24 heavy (non-hydrogen) atoms. The number of hydrogen-bond donors (Lipinski definition) is 1. The Kier molecular flexibility index (Phi) is 4.81. The summed E-state index contributed by atoms with van der Waals surface area (Å²) < 4.78 is 0. The highest BCUT2D eigenvalue weighted by Gasteiger charge is 2.36. The molecule has 2 heterocycles. The molecular formula is C18H18ClN3O2. The third kappa shape index (κ3) is 3.41. The van der Waals surface area contributed by atoms with Gasteiger partial charge < -0.3 is 10.2 Å². The zero-order valence-electron chi connectivity index (χ0n) is 13.3. The van der Waals surface area contributed by atoms with Gasteiger partial charge in [0, 0.05) is 19.2 Å². The zero-order chi connectivity index (χ0) is 17.1. The summed E-state index contributed by atoms with van der Waals surface area (Å²) in [5, 5.41) is 3.44. The molecule has 0 aliphatic carbocycles. The summed E-state index contributed by atoms with van der Waals surface area (Å²) >= 11 is 6.16. The molecule has 2 aromatic rings. The molecule has 1 aromatic carbocycles. The van der Waals surface area contributed by atoms with Crippen LogP contribution in [-0.2, 0) is 9.59 Å². The molecule has 0 radical (unpaired) electrons. The number of nitrogens with one attached hydrogen (secondary N) is 1. The summed E-state index contributed by atoms with van der Waals surface area (Å²) in [6.45, 7) is 2.21. The van der Waals surface area contributed by atoms with Gasteiger partial charge in [0.15, 0.2) is 0 Å². The van der Waals surface area contributed by atoms with Crippen molar-refractivity contribution in [2.45, 2.75) is 19.4 Å². The van der Waals surface area contributed by atoms with Gasteiger partial charge in [-0.3, -0.25) is 14.6 Å². The van der Waals surface area contributed by atoms with Crippen molar-refractivity contribution in [1.29, 1.82) is 0 Å². The minimum absolute atomic E-state index is 0.0891. The van der Waals surface area contributed by atoms with Crippen molar-refractivity contribution in [1.82, 2.24) is 10.3 Å². The molecule has 2 amide bonds. The highest BCUT2D eigenvalue weighted by atomic mass is 35.5. The van der Waals surface area contributed by atoms with Crippen LogP contribution in [0.25, 0.3) is 0 Å². The Bertz CT molecular complexity index is 751. The first-order valence-electron chi connectivity index (χ1n) is 7.82. The van der Waals surface area contributed by atoms with Gasteiger partial charge in [0.25, 0.3) is 0 Å². The Morgan fingerprint density at radius 2 is 2.04 bits per heavy atom. The van der Waals surface area contributed by atoms with Gasteiger partial charge in [-0.25, -0.2) is 0 Å². The van der Waals surface area contributed by atoms with Gasteiger partial charge >= 0.3 is 0 Å². The number of aromatic nitrogens is 1. The lowest BCUT2D eigenvalue weighted by Crippen LogP contribution is -2.34. The first kappa shape index (κ1) is 16.5. The van der Waals surface area contributed by atoms with Gasteiger partial charge in [0.1, 0.15) is 0 Å². The van der Waals surface area contributed by atoms with Crippen molar-refractivity contribution in [3.8, 4) is 0 Å². The number of hydrogen-bond acceptors (Lipinski definition) is 3. The predicted octanol–water partition coefficient (Wildman–Crippen LogP) is 2.97. The topological polar surface area (TPSA) is 62.3 Å². The van der Waals surface area contributed by atoms with E-state index in [2.05, 4.69) is 10.3 Å². The zero-order valence-corrected chi connectivity index (χ0v) is 14.0. The molecule has 1 aliphatic rings. The molecule has 1 N–H and O–H groups in total. The van der Waals surface area contributed by atoms with Crippen LogP contribution in [0.1, 0.15) is 25.1 Å². The molecule has 0 unspecified atom stereocenters. The van der Waals surface area contributed by atoms with Crippen molar-refractivity contribution in [3.63, 3.8) is 0 Å². The third-order valence-corrected chi connectivity index (χ3v) is 4.45. The second-order valence-corrected chi connectivity index (χ2v) is 6.25. The van der Waals surface area contributed by atoms with Crippen molar-refractivity contribution >= 4 is 29.1 Å². The molecule has 6 heteroatoms. The molecule has 0 saturated carbocycles. The van der Waals surface area contributed by atoms with E-state index in [1.54, 1.807) is 23.2 Å². The maximum absolute atomic E-state index is 12.5. The number of anilines is 1. The van der Waals surface area contributed by atoms with E-state index in [0.29, 0.717) is 17.3 Å². The molecule has 1 saturated heterocycles. The van der Waals surface area contributed by atoms with Crippen LogP contribution < -0.4 is 10.2 Å². The van der Waals surface area contributed by atoms with Crippen molar-refractivity contribution in [2.75, 3.05) is 11.4 Å². The molecule has 1 aliphatic heterocycles. The van der Waals surface area contributed by atoms with Crippen LogP contribution in [0.3, 0.4) is 0 Å². The maximum atomic E-state index is 12.5. The van der Waals surface area contributed by atoms with Crippen molar-refractivity contribution in [3.05, 3.63) is 59.4 Å². The van der Waals surface area contributed by atoms with Crippen LogP contribution in [-0.4, -0.2) is 23.3 Å². The molecule has 2 atom stereocenters. The highest BCUT2D eigenvalue weighted by Crippen LogP contribution is 2.31. The van der Waals surface area contributed by atoms with E-state index in [0.717, 1.165) is 5.69 Å². The predicted molar refractivity (Wildman–Crippen MR) is 92.7 cm³/mol. The van der Waals surface area contributed by atoms with Crippen molar-refractivity contribution < 1.29 is 9.59 Å². The molecule has 5 nitrogen and oxygen atoms in total. The summed E-state index contributed by atoms with van der Waals surface area (Å²) in [7, 11) is 0. The number of nitrogens with zero attached hydrogens (tertiary/aromatic N) is 2. The average Bonchev–Trinajstić information content (AvgIpc) is 2.98. The fourth-order valence-electron chi connectivity index (χ4n) is 2.82. The minimum Gasteiger partial charge on any atom is -0.348 e. The second-order valence-electron chi connectivity index (χ2n) is 5.84. The monoisotopic (exact) mass is 343 g/mol. The van der Waals surface area contributed by atoms with Crippen LogP contribution >= 0.6 is 11.6 Å². The molecule has 1 aromatic heterocycles. The Morgan fingerprint density at radius 1 is 1.29 bits per heavy atom. The average molecular weight is 344 g/mol. The molecule has 1 fully saturated rings. The number of benzene rings is 1. The smallest absolute Gasteiger partial charge is 0.227 e. The van der Waals surface area contributed by atoms with Gasteiger partial charge in [-0.1, -0.05) is 29.8 Å². The Labute approximate surface area is 145 Å². The van der Waals surface area contributed by atoms with E-state index in [4.69, 9.17) is 11.6 Å². The summed E-state index contributed by atoms with van der Waals surface area (Å²) in [6, 6.07) is 12.5. The third-order valence-electron chi connectivity index (χ3n) is 4.13. The molecule has 124 valence electrons. The second kappa shape index (κ2) is 7.01. The van der Waals surface area contributed by atoms with E-state index in [9.17, 15) is 9.59 Å². The number of pyridine rings is 1.